The number of hydrogen-bond acceptors (Lipinski definition) is 2. The summed E-state index contributed by atoms with van der Waals surface area (Å²) in [6.45, 7) is 0. The van der Waals surface area contributed by atoms with Gasteiger partial charge in [-0.05, 0) is 18.1 Å². The lowest BCUT2D eigenvalue weighted by Gasteiger charge is -2.04. The Morgan fingerprint density at radius 2 is 2.40 bits per heavy atom. The number of rotatable bonds is 3. The van der Waals surface area contributed by atoms with Gasteiger partial charge in [0.1, 0.15) is 0 Å². The molecule has 0 aliphatic heterocycles. The second-order valence-electron chi connectivity index (χ2n) is 3.22. The van der Waals surface area contributed by atoms with E-state index < -0.39 is 5.97 Å². The molecular weight excluding hydrogens is 216 g/mol. The number of imidazole rings is 1. The maximum absolute atomic E-state index is 10.5. The highest BCUT2D eigenvalue weighted by atomic mass is 35.5. The summed E-state index contributed by atoms with van der Waals surface area (Å²) in [5.41, 5.74) is 1.70. The molecule has 0 saturated heterocycles. The van der Waals surface area contributed by atoms with Crippen molar-refractivity contribution in [3.63, 3.8) is 0 Å². The maximum atomic E-state index is 10.5. The number of fused-ring (bicyclic) bond motifs is 1. The summed E-state index contributed by atoms with van der Waals surface area (Å²) >= 11 is 6.01. The predicted octanol–water partition coefficient (Wildman–Crippen LogP) is 2.00. The van der Waals surface area contributed by atoms with Gasteiger partial charge in [0.2, 0.25) is 0 Å². The average molecular weight is 225 g/mol. The molecule has 0 radical (unpaired) electrons. The molecule has 0 bridgehead atoms. The lowest BCUT2D eigenvalue weighted by atomic mass is 10.1. The van der Waals surface area contributed by atoms with Crippen LogP contribution < -0.4 is 0 Å². The number of hydrogen-bond donors (Lipinski definition) is 1. The number of pyridine rings is 1. The van der Waals surface area contributed by atoms with Gasteiger partial charge in [-0.15, -0.1) is 0 Å². The van der Waals surface area contributed by atoms with E-state index in [0.717, 1.165) is 11.1 Å². The highest BCUT2D eigenvalue weighted by Gasteiger charge is 2.08. The van der Waals surface area contributed by atoms with Crippen molar-refractivity contribution in [2.75, 3.05) is 0 Å². The Balaban J connectivity index is 2.42. The predicted molar refractivity (Wildman–Crippen MR) is 56.2 cm³/mol. The quantitative estimate of drug-likeness (QED) is 0.868. The third kappa shape index (κ3) is 1.94. The molecule has 1 N–H and O–H groups in total. The van der Waals surface area contributed by atoms with E-state index in [-0.39, 0.29) is 6.42 Å². The van der Waals surface area contributed by atoms with Crippen LogP contribution in [0.25, 0.3) is 5.52 Å². The van der Waals surface area contributed by atoms with Crippen LogP contribution in [0.15, 0.2) is 24.8 Å². The fraction of sp³-hybridized carbons (Fsp3) is 0.200. The van der Waals surface area contributed by atoms with Crippen molar-refractivity contribution < 1.29 is 9.90 Å². The van der Waals surface area contributed by atoms with E-state index in [2.05, 4.69) is 4.98 Å². The smallest absolute Gasteiger partial charge is 0.303 e. The number of aromatic nitrogens is 2. The third-order valence-electron chi connectivity index (χ3n) is 2.23. The fourth-order valence-corrected chi connectivity index (χ4v) is 1.75. The van der Waals surface area contributed by atoms with Crippen LogP contribution in [-0.2, 0) is 11.2 Å². The van der Waals surface area contributed by atoms with E-state index in [1.807, 2.05) is 4.40 Å². The molecule has 2 aromatic rings. The molecule has 0 aromatic carbocycles. The lowest BCUT2D eigenvalue weighted by Crippen LogP contribution is -1.99. The van der Waals surface area contributed by atoms with Gasteiger partial charge in [0.15, 0.2) is 0 Å². The van der Waals surface area contributed by atoms with Crippen LogP contribution in [0, 0.1) is 0 Å². The Hall–Kier alpha value is -1.55. The van der Waals surface area contributed by atoms with Gasteiger partial charge in [-0.2, -0.15) is 0 Å². The normalized spacial score (nSPS) is 10.7. The molecule has 0 spiro atoms. The summed E-state index contributed by atoms with van der Waals surface area (Å²) in [4.78, 5) is 14.5. The lowest BCUT2D eigenvalue weighted by molar-refractivity contribution is -0.136. The van der Waals surface area contributed by atoms with Crippen molar-refractivity contribution in [1.82, 2.24) is 9.38 Å². The van der Waals surface area contributed by atoms with Crippen LogP contribution >= 0.6 is 11.6 Å². The minimum atomic E-state index is -0.826. The van der Waals surface area contributed by atoms with Gasteiger partial charge >= 0.3 is 5.97 Å². The fourth-order valence-electron chi connectivity index (χ4n) is 1.51. The van der Waals surface area contributed by atoms with Crippen LogP contribution in [0.2, 0.25) is 5.02 Å². The first-order valence-corrected chi connectivity index (χ1v) is 4.87. The van der Waals surface area contributed by atoms with Crippen LogP contribution in [-0.4, -0.2) is 20.5 Å². The Morgan fingerprint density at radius 3 is 3.13 bits per heavy atom. The minimum absolute atomic E-state index is 0.0740. The van der Waals surface area contributed by atoms with Gasteiger partial charge < -0.3 is 9.51 Å². The van der Waals surface area contributed by atoms with Crippen molar-refractivity contribution >= 4 is 23.1 Å². The Morgan fingerprint density at radius 1 is 1.60 bits per heavy atom. The number of carbonyl (C=O) groups is 1. The van der Waals surface area contributed by atoms with E-state index in [1.165, 1.54) is 0 Å². The summed E-state index contributed by atoms with van der Waals surface area (Å²) < 4.78 is 1.82. The summed E-state index contributed by atoms with van der Waals surface area (Å²) in [7, 11) is 0. The van der Waals surface area contributed by atoms with Gasteiger partial charge in [0.25, 0.3) is 0 Å². The highest BCUT2D eigenvalue weighted by Crippen LogP contribution is 2.22. The van der Waals surface area contributed by atoms with Crippen molar-refractivity contribution in [3.05, 3.63) is 35.4 Å². The molecular formula is C10H9ClN2O2. The molecule has 2 rings (SSSR count). The number of nitrogens with zero attached hydrogens (tertiary/aromatic N) is 2. The molecule has 2 aromatic heterocycles. The zero-order chi connectivity index (χ0) is 10.8. The summed E-state index contributed by atoms with van der Waals surface area (Å²) in [6, 6.07) is 1.74. The topological polar surface area (TPSA) is 54.6 Å². The summed E-state index contributed by atoms with van der Waals surface area (Å²) in [5.74, 6) is -0.826. The van der Waals surface area contributed by atoms with Gasteiger partial charge in [0, 0.05) is 17.6 Å². The molecule has 0 atom stereocenters. The molecule has 4 nitrogen and oxygen atoms in total. The van der Waals surface area contributed by atoms with Crippen LogP contribution in [0.3, 0.4) is 0 Å². The standard InChI is InChI=1S/C10H9ClN2O2/c11-8-3-4-13-6-12-5-9(13)7(8)1-2-10(14)15/h3-6H,1-2H2,(H,14,15). The van der Waals surface area contributed by atoms with E-state index in [0.29, 0.717) is 11.4 Å². The van der Waals surface area contributed by atoms with Crippen molar-refractivity contribution in [3.8, 4) is 0 Å². The first-order chi connectivity index (χ1) is 7.18. The van der Waals surface area contributed by atoms with Gasteiger partial charge in [-0.25, -0.2) is 4.98 Å². The molecule has 78 valence electrons. The minimum Gasteiger partial charge on any atom is -0.481 e. The molecule has 0 unspecified atom stereocenters. The zero-order valence-electron chi connectivity index (χ0n) is 7.85. The number of carboxylic acid groups (broad SMARTS) is 1. The number of halogens is 1. The molecule has 5 heteroatoms. The molecule has 0 amide bonds. The molecule has 0 aliphatic carbocycles. The number of carboxylic acids is 1. The molecule has 0 saturated carbocycles. The van der Waals surface area contributed by atoms with Gasteiger partial charge in [-0.1, -0.05) is 11.6 Å². The molecule has 2 heterocycles. The van der Waals surface area contributed by atoms with Gasteiger partial charge in [-0.3, -0.25) is 4.79 Å². The second kappa shape index (κ2) is 3.90. The van der Waals surface area contributed by atoms with E-state index in [9.17, 15) is 4.79 Å². The van der Waals surface area contributed by atoms with Crippen LogP contribution in [0.5, 0.6) is 0 Å². The Bertz CT molecular complexity index is 507. The largest absolute Gasteiger partial charge is 0.481 e. The van der Waals surface area contributed by atoms with Crippen molar-refractivity contribution in [2.24, 2.45) is 0 Å². The van der Waals surface area contributed by atoms with Crippen molar-refractivity contribution in [2.45, 2.75) is 12.8 Å². The van der Waals surface area contributed by atoms with Crippen LogP contribution in [0.4, 0.5) is 0 Å². The maximum Gasteiger partial charge on any atom is 0.303 e. The molecule has 15 heavy (non-hydrogen) atoms. The van der Waals surface area contributed by atoms with Gasteiger partial charge in [0.05, 0.1) is 18.0 Å². The first kappa shape index (κ1) is 9.98. The van der Waals surface area contributed by atoms with E-state index >= 15 is 0 Å². The first-order valence-electron chi connectivity index (χ1n) is 4.49. The monoisotopic (exact) mass is 224 g/mol. The molecule has 0 aliphatic rings. The van der Waals surface area contributed by atoms with Crippen molar-refractivity contribution in [1.29, 1.82) is 0 Å². The van der Waals surface area contributed by atoms with E-state index in [1.54, 1.807) is 24.8 Å². The Kier molecular flexibility index (Phi) is 2.60. The Labute approximate surface area is 91.1 Å². The third-order valence-corrected chi connectivity index (χ3v) is 2.59. The highest BCUT2D eigenvalue weighted by molar-refractivity contribution is 6.31. The SMILES string of the molecule is O=C(O)CCc1c(Cl)ccn2cncc12. The second-order valence-corrected chi connectivity index (χ2v) is 3.63. The average Bonchev–Trinajstić information content (AvgIpc) is 2.63. The number of aryl methyl sites for hydroxylation is 1. The summed E-state index contributed by atoms with van der Waals surface area (Å²) in [5, 5.41) is 9.21. The summed E-state index contributed by atoms with van der Waals surface area (Å²) in [6.07, 6.45) is 5.64. The van der Waals surface area contributed by atoms with E-state index in [4.69, 9.17) is 16.7 Å². The van der Waals surface area contributed by atoms with Crippen LogP contribution in [0.1, 0.15) is 12.0 Å². The molecule has 0 fully saturated rings. The number of aliphatic carboxylic acids is 1. The zero-order valence-corrected chi connectivity index (χ0v) is 8.61.